The van der Waals surface area contributed by atoms with Gasteiger partial charge in [0.2, 0.25) is 0 Å². The molecule has 27 heavy (non-hydrogen) atoms. The Labute approximate surface area is 156 Å². The van der Waals surface area contributed by atoms with Crippen LogP contribution in [-0.2, 0) is 24.1 Å². The Morgan fingerprint density at radius 2 is 1.78 bits per heavy atom. The van der Waals surface area contributed by atoms with Gasteiger partial charge in [-0.25, -0.2) is 8.78 Å². The first kappa shape index (κ1) is 17.9. The van der Waals surface area contributed by atoms with Gasteiger partial charge in [0.1, 0.15) is 24.0 Å². The summed E-state index contributed by atoms with van der Waals surface area (Å²) in [5, 5.41) is 9.00. The van der Waals surface area contributed by atoms with Crippen molar-refractivity contribution in [3.05, 3.63) is 64.7 Å². The molecule has 142 valence electrons. The number of carboxylic acid groups (broad SMARTS) is 1. The van der Waals surface area contributed by atoms with E-state index >= 15 is 0 Å². The van der Waals surface area contributed by atoms with E-state index < -0.39 is 17.6 Å². The summed E-state index contributed by atoms with van der Waals surface area (Å²) in [6.45, 7) is 1.72. The molecule has 2 aliphatic heterocycles. The molecule has 2 aliphatic rings. The molecular formula is C21H21F2NO3. The molecule has 1 fully saturated rings. The standard InChI is InChI=1S/C21H21F2NO3/c22-17-5-14(6-18(23)9-17)2-1-13-3-4-15-8-19(12-27-20(15)7-13)24-10-16(11-24)21(25)26/h3-7,9,16,19H,1-2,8,10-12H2,(H,25,26). The number of hydrogen-bond donors (Lipinski definition) is 1. The van der Waals surface area contributed by atoms with Crippen molar-refractivity contribution in [3.63, 3.8) is 0 Å². The Hall–Kier alpha value is -2.47. The first-order valence-electron chi connectivity index (χ1n) is 9.14. The Bertz CT molecular complexity index is 844. The van der Waals surface area contributed by atoms with Crippen LogP contribution in [0.3, 0.4) is 0 Å². The molecule has 0 saturated carbocycles. The minimum Gasteiger partial charge on any atom is -0.492 e. The fraction of sp³-hybridized carbons (Fsp3) is 0.381. The zero-order valence-electron chi connectivity index (χ0n) is 14.8. The number of fused-ring (bicyclic) bond motifs is 1. The predicted octanol–water partition coefficient (Wildman–Crippen LogP) is 3.07. The van der Waals surface area contributed by atoms with Crippen LogP contribution < -0.4 is 4.74 Å². The maximum Gasteiger partial charge on any atom is 0.309 e. The topological polar surface area (TPSA) is 49.8 Å². The normalized spacial score (nSPS) is 19.9. The van der Waals surface area contributed by atoms with E-state index in [2.05, 4.69) is 4.90 Å². The minimum atomic E-state index is -0.730. The van der Waals surface area contributed by atoms with Crippen LogP contribution in [0.4, 0.5) is 8.78 Å². The molecule has 4 nitrogen and oxygen atoms in total. The summed E-state index contributed by atoms with van der Waals surface area (Å²) in [6.07, 6.45) is 2.08. The van der Waals surface area contributed by atoms with Crippen LogP contribution in [0, 0.1) is 17.6 Å². The zero-order chi connectivity index (χ0) is 19.0. The maximum atomic E-state index is 13.3. The van der Waals surface area contributed by atoms with E-state index in [9.17, 15) is 13.6 Å². The number of carboxylic acids is 1. The van der Waals surface area contributed by atoms with Gasteiger partial charge in [0.15, 0.2) is 0 Å². The minimum absolute atomic E-state index is 0.217. The zero-order valence-corrected chi connectivity index (χ0v) is 14.8. The summed E-state index contributed by atoms with van der Waals surface area (Å²) in [4.78, 5) is 13.1. The molecule has 1 N–H and O–H groups in total. The average molecular weight is 373 g/mol. The number of benzene rings is 2. The lowest BCUT2D eigenvalue weighted by Gasteiger charge is -2.43. The number of hydrogen-bond acceptors (Lipinski definition) is 3. The van der Waals surface area contributed by atoms with Gasteiger partial charge in [-0.2, -0.15) is 0 Å². The van der Waals surface area contributed by atoms with Gasteiger partial charge >= 0.3 is 5.97 Å². The number of aliphatic carboxylic acids is 1. The summed E-state index contributed by atoms with van der Waals surface area (Å²) in [5.41, 5.74) is 2.81. The van der Waals surface area contributed by atoms with Crippen molar-refractivity contribution in [2.24, 2.45) is 5.92 Å². The molecule has 0 radical (unpaired) electrons. The number of halogens is 2. The molecule has 0 aliphatic carbocycles. The van der Waals surface area contributed by atoms with Gasteiger partial charge in [-0.05, 0) is 54.2 Å². The van der Waals surface area contributed by atoms with E-state index in [1.807, 2.05) is 18.2 Å². The van der Waals surface area contributed by atoms with Crippen LogP contribution in [0.25, 0.3) is 0 Å². The summed E-state index contributed by atoms with van der Waals surface area (Å²) < 4.78 is 32.5. The predicted molar refractivity (Wildman–Crippen MR) is 95.9 cm³/mol. The van der Waals surface area contributed by atoms with Crippen molar-refractivity contribution in [1.82, 2.24) is 4.90 Å². The molecular weight excluding hydrogens is 352 g/mol. The van der Waals surface area contributed by atoms with Gasteiger partial charge in [0.05, 0.1) is 5.92 Å². The van der Waals surface area contributed by atoms with Crippen LogP contribution in [0.5, 0.6) is 5.75 Å². The van der Waals surface area contributed by atoms with Crippen molar-refractivity contribution in [1.29, 1.82) is 0 Å². The van der Waals surface area contributed by atoms with Crippen molar-refractivity contribution in [2.75, 3.05) is 19.7 Å². The third-order valence-corrected chi connectivity index (χ3v) is 5.42. The van der Waals surface area contributed by atoms with Gasteiger partial charge in [0, 0.05) is 25.2 Å². The number of carbonyl (C=O) groups is 1. The van der Waals surface area contributed by atoms with Crippen molar-refractivity contribution in [3.8, 4) is 5.75 Å². The number of nitrogens with zero attached hydrogens (tertiary/aromatic N) is 1. The largest absolute Gasteiger partial charge is 0.492 e. The third-order valence-electron chi connectivity index (χ3n) is 5.42. The SMILES string of the molecule is O=C(O)C1CN(C2COc3cc(CCc4cc(F)cc(F)c4)ccc3C2)C1. The summed E-state index contributed by atoms with van der Waals surface area (Å²) in [5.74, 6) is -1.25. The van der Waals surface area contributed by atoms with Crippen molar-refractivity contribution in [2.45, 2.75) is 25.3 Å². The van der Waals surface area contributed by atoms with E-state index in [-0.39, 0.29) is 12.0 Å². The molecule has 0 bridgehead atoms. The average Bonchev–Trinajstić information content (AvgIpc) is 2.57. The second-order valence-electron chi connectivity index (χ2n) is 7.38. The van der Waals surface area contributed by atoms with E-state index in [0.717, 1.165) is 29.4 Å². The monoisotopic (exact) mass is 373 g/mol. The molecule has 6 heteroatoms. The Morgan fingerprint density at radius 3 is 2.48 bits per heavy atom. The van der Waals surface area contributed by atoms with Gasteiger partial charge in [-0.15, -0.1) is 0 Å². The van der Waals surface area contributed by atoms with Gasteiger partial charge in [0.25, 0.3) is 0 Å². The van der Waals surface area contributed by atoms with E-state index in [1.165, 1.54) is 12.1 Å². The summed E-state index contributed by atoms with van der Waals surface area (Å²) >= 11 is 0. The van der Waals surface area contributed by atoms with E-state index in [4.69, 9.17) is 9.84 Å². The molecule has 1 atom stereocenters. The van der Waals surface area contributed by atoms with Crippen LogP contribution in [-0.4, -0.2) is 41.7 Å². The smallest absolute Gasteiger partial charge is 0.309 e. The van der Waals surface area contributed by atoms with E-state index in [0.29, 0.717) is 38.1 Å². The van der Waals surface area contributed by atoms with Crippen molar-refractivity contribution < 1.29 is 23.4 Å². The Balaban J connectivity index is 1.36. The highest BCUT2D eigenvalue weighted by atomic mass is 19.1. The molecule has 2 aromatic rings. The number of likely N-dealkylation sites (tertiary alicyclic amines) is 1. The number of ether oxygens (including phenoxy) is 1. The number of rotatable bonds is 5. The third kappa shape index (κ3) is 3.95. The van der Waals surface area contributed by atoms with Gasteiger partial charge in [-0.3, -0.25) is 9.69 Å². The maximum absolute atomic E-state index is 13.3. The molecule has 4 rings (SSSR count). The highest BCUT2D eigenvalue weighted by molar-refractivity contribution is 5.71. The molecule has 0 aromatic heterocycles. The van der Waals surface area contributed by atoms with Gasteiger partial charge in [-0.1, -0.05) is 12.1 Å². The van der Waals surface area contributed by atoms with Crippen LogP contribution in [0.15, 0.2) is 36.4 Å². The molecule has 1 unspecified atom stereocenters. The first-order chi connectivity index (χ1) is 13.0. The summed E-state index contributed by atoms with van der Waals surface area (Å²) in [7, 11) is 0. The fourth-order valence-corrected chi connectivity index (χ4v) is 3.80. The van der Waals surface area contributed by atoms with Crippen LogP contribution >= 0.6 is 0 Å². The molecule has 0 spiro atoms. The molecule has 2 heterocycles. The lowest BCUT2D eigenvalue weighted by atomic mass is 9.92. The number of aryl methyl sites for hydroxylation is 2. The lowest BCUT2D eigenvalue weighted by Crippen LogP contribution is -2.57. The quantitative estimate of drug-likeness (QED) is 0.875. The van der Waals surface area contributed by atoms with Crippen molar-refractivity contribution >= 4 is 5.97 Å². The summed E-state index contributed by atoms with van der Waals surface area (Å²) in [6, 6.07) is 9.88. The highest BCUT2D eigenvalue weighted by Gasteiger charge is 2.38. The van der Waals surface area contributed by atoms with Gasteiger partial charge < -0.3 is 9.84 Å². The second kappa shape index (κ2) is 7.27. The molecule has 2 aromatic carbocycles. The van der Waals surface area contributed by atoms with E-state index in [1.54, 1.807) is 0 Å². The lowest BCUT2D eigenvalue weighted by molar-refractivity contribution is -0.149. The second-order valence-corrected chi connectivity index (χ2v) is 7.38. The van der Waals surface area contributed by atoms with Crippen LogP contribution in [0.2, 0.25) is 0 Å². The Kier molecular flexibility index (Phi) is 4.83. The highest BCUT2D eigenvalue weighted by Crippen LogP contribution is 2.31. The van der Waals surface area contributed by atoms with Crippen LogP contribution in [0.1, 0.15) is 16.7 Å². The molecule has 0 amide bonds. The molecule has 1 saturated heterocycles. The fourth-order valence-electron chi connectivity index (χ4n) is 3.80. The first-order valence-corrected chi connectivity index (χ1v) is 9.14. The Morgan fingerprint density at radius 1 is 1.07 bits per heavy atom.